The molecule has 0 aliphatic heterocycles. The van der Waals surface area contributed by atoms with Crippen molar-refractivity contribution in [3.8, 4) is 0 Å². The van der Waals surface area contributed by atoms with Crippen LogP contribution in [0.3, 0.4) is 0 Å². The average molecular weight is 174 g/mol. The van der Waals surface area contributed by atoms with Crippen molar-refractivity contribution in [2.24, 2.45) is 0 Å². The van der Waals surface area contributed by atoms with Crippen molar-refractivity contribution in [3.05, 3.63) is 47.5 Å². The summed E-state index contributed by atoms with van der Waals surface area (Å²) in [5, 5.41) is 0. The van der Waals surface area contributed by atoms with Crippen molar-refractivity contribution < 1.29 is 0 Å². The van der Waals surface area contributed by atoms with Crippen LogP contribution in [-0.2, 0) is 0 Å². The standard InChI is InChI=1S/C13H18/c1-4-5-6-12(3)13-9-7-11(2)8-10-13/h4-5,7-10,12H,6H2,1-3H3. The summed E-state index contributed by atoms with van der Waals surface area (Å²) in [7, 11) is 0. The van der Waals surface area contributed by atoms with E-state index in [1.54, 1.807) is 0 Å². The molecular formula is C13H18. The lowest BCUT2D eigenvalue weighted by atomic mass is 9.97. The average Bonchev–Trinajstić information content (AvgIpc) is 2.15. The Morgan fingerprint density at radius 1 is 1.23 bits per heavy atom. The monoisotopic (exact) mass is 174 g/mol. The van der Waals surface area contributed by atoms with Crippen LogP contribution in [0.4, 0.5) is 0 Å². The Hall–Kier alpha value is -1.04. The summed E-state index contributed by atoms with van der Waals surface area (Å²) in [4.78, 5) is 0. The number of rotatable bonds is 3. The first-order valence-corrected chi connectivity index (χ1v) is 4.91. The number of allylic oxidation sites excluding steroid dienone is 2. The van der Waals surface area contributed by atoms with E-state index in [1.807, 2.05) is 0 Å². The highest BCUT2D eigenvalue weighted by molar-refractivity contribution is 5.24. The van der Waals surface area contributed by atoms with Crippen LogP contribution in [0.25, 0.3) is 0 Å². The molecule has 0 N–H and O–H groups in total. The van der Waals surface area contributed by atoms with E-state index in [0.29, 0.717) is 5.92 Å². The third kappa shape index (κ3) is 3.06. The topological polar surface area (TPSA) is 0 Å². The third-order valence-corrected chi connectivity index (χ3v) is 2.37. The molecule has 0 aromatic heterocycles. The fourth-order valence-electron chi connectivity index (χ4n) is 1.37. The molecule has 1 atom stereocenters. The second-order valence-corrected chi connectivity index (χ2v) is 3.62. The first kappa shape index (κ1) is 10.0. The molecule has 0 bridgehead atoms. The van der Waals surface area contributed by atoms with Gasteiger partial charge in [-0.3, -0.25) is 0 Å². The Kier molecular flexibility index (Phi) is 3.75. The van der Waals surface area contributed by atoms with Gasteiger partial charge in [-0.25, -0.2) is 0 Å². The molecule has 0 saturated heterocycles. The number of hydrogen-bond donors (Lipinski definition) is 0. The molecule has 13 heavy (non-hydrogen) atoms. The molecule has 1 rings (SSSR count). The van der Waals surface area contributed by atoms with Crippen LogP contribution in [-0.4, -0.2) is 0 Å². The van der Waals surface area contributed by atoms with Gasteiger partial charge in [0.2, 0.25) is 0 Å². The lowest BCUT2D eigenvalue weighted by Crippen LogP contribution is -1.91. The van der Waals surface area contributed by atoms with Gasteiger partial charge in [-0.2, -0.15) is 0 Å². The molecule has 0 nitrogen and oxygen atoms in total. The van der Waals surface area contributed by atoms with Gasteiger partial charge in [0.25, 0.3) is 0 Å². The van der Waals surface area contributed by atoms with Crippen molar-refractivity contribution in [1.82, 2.24) is 0 Å². The second-order valence-electron chi connectivity index (χ2n) is 3.62. The molecule has 0 heterocycles. The summed E-state index contributed by atoms with van der Waals surface area (Å²) in [5.41, 5.74) is 2.77. The Bertz CT molecular complexity index is 267. The second kappa shape index (κ2) is 4.86. The van der Waals surface area contributed by atoms with E-state index in [4.69, 9.17) is 0 Å². The van der Waals surface area contributed by atoms with Crippen molar-refractivity contribution in [1.29, 1.82) is 0 Å². The highest BCUT2D eigenvalue weighted by atomic mass is 14.1. The maximum absolute atomic E-state index is 2.27. The first-order valence-electron chi connectivity index (χ1n) is 4.91. The van der Waals surface area contributed by atoms with E-state index in [-0.39, 0.29) is 0 Å². The van der Waals surface area contributed by atoms with E-state index < -0.39 is 0 Å². The summed E-state index contributed by atoms with van der Waals surface area (Å²) < 4.78 is 0. The lowest BCUT2D eigenvalue weighted by Gasteiger charge is -2.08. The van der Waals surface area contributed by atoms with E-state index in [1.165, 1.54) is 11.1 Å². The van der Waals surface area contributed by atoms with Gasteiger partial charge >= 0.3 is 0 Å². The van der Waals surface area contributed by atoms with Gasteiger partial charge in [0, 0.05) is 0 Å². The molecule has 1 aromatic rings. The van der Waals surface area contributed by atoms with Crippen molar-refractivity contribution in [2.45, 2.75) is 33.1 Å². The zero-order chi connectivity index (χ0) is 9.68. The smallest absolute Gasteiger partial charge is 0.0156 e. The summed E-state index contributed by atoms with van der Waals surface area (Å²) >= 11 is 0. The highest BCUT2D eigenvalue weighted by Gasteiger charge is 2.01. The van der Waals surface area contributed by atoms with Gasteiger partial charge in [0.15, 0.2) is 0 Å². The normalized spacial score (nSPS) is 13.5. The maximum Gasteiger partial charge on any atom is -0.0156 e. The predicted octanol–water partition coefficient (Wildman–Crippen LogP) is 4.06. The minimum Gasteiger partial charge on any atom is -0.0916 e. The van der Waals surface area contributed by atoms with Crippen LogP contribution in [0.5, 0.6) is 0 Å². The minimum absolute atomic E-state index is 0.636. The molecule has 0 aliphatic carbocycles. The third-order valence-electron chi connectivity index (χ3n) is 2.37. The van der Waals surface area contributed by atoms with Gasteiger partial charge < -0.3 is 0 Å². The molecule has 70 valence electrons. The molecular weight excluding hydrogens is 156 g/mol. The molecule has 0 amide bonds. The Labute approximate surface area is 81.3 Å². The van der Waals surface area contributed by atoms with Crippen molar-refractivity contribution in [3.63, 3.8) is 0 Å². The van der Waals surface area contributed by atoms with E-state index in [0.717, 1.165) is 6.42 Å². The maximum atomic E-state index is 2.27. The molecule has 1 aromatic carbocycles. The first-order chi connectivity index (χ1) is 6.24. The van der Waals surface area contributed by atoms with Crippen molar-refractivity contribution >= 4 is 0 Å². The predicted molar refractivity (Wildman–Crippen MR) is 59.0 cm³/mol. The van der Waals surface area contributed by atoms with Crippen LogP contribution in [0, 0.1) is 6.92 Å². The fraction of sp³-hybridized carbons (Fsp3) is 0.385. The Morgan fingerprint density at radius 2 is 1.85 bits per heavy atom. The highest BCUT2D eigenvalue weighted by Crippen LogP contribution is 2.19. The zero-order valence-electron chi connectivity index (χ0n) is 8.75. The fourth-order valence-corrected chi connectivity index (χ4v) is 1.37. The SMILES string of the molecule is CC=CCC(C)c1ccc(C)cc1. The lowest BCUT2D eigenvalue weighted by molar-refractivity contribution is 0.779. The molecule has 0 heteroatoms. The summed E-state index contributed by atoms with van der Waals surface area (Å²) in [6.07, 6.45) is 5.48. The molecule has 0 fully saturated rings. The number of aryl methyl sites for hydroxylation is 1. The van der Waals surface area contributed by atoms with Gasteiger partial charge in [-0.15, -0.1) is 0 Å². The van der Waals surface area contributed by atoms with E-state index >= 15 is 0 Å². The van der Waals surface area contributed by atoms with Gasteiger partial charge in [-0.1, -0.05) is 48.9 Å². The van der Waals surface area contributed by atoms with Gasteiger partial charge in [0.05, 0.1) is 0 Å². The van der Waals surface area contributed by atoms with Gasteiger partial charge in [0.1, 0.15) is 0 Å². The number of hydrogen-bond acceptors (Lipinski definition) is 0. The quantitative estimate of drug-likeness (QED) is 0.606. The number of benzene rings is 1. The summed E-state index contributed by atoms with van der Waals surface area (Å²) in [6.45, 7) is 6.47. The minimum atomic E-state index is 0.636. The largest absolute Gasteiger partial charge is 0.0916 e. The molecule has 0 aliphatic rings. The van der Waals surface area contributed by atoms with Crippen molar-refractivity contribution in [2.75, 3.05) is 0 Å². The van der Waals surface area contributed by atoms with Gasteiger partial charge in [-0.05, 0) is 31.7 Å². The Morgan fingerprint density at radius 3 is 2.38 bits per heavy atom. The molecule has 0 radical (unpaired) electrons. The summed E-state index contributed by atoms with van der Waals surface area (Å²) in [5.74, 6) is 0.636. The van der Waals surface area contributed by atoms with Crippen LogP contribution in [0.2, 0.25) is 0 Å². The van der Waals surface area contributed by atoms with Crippen LogP contribution in [0.15, 0.2) is 36.4 Å². The molecule has 0 spiro atoms. The molecule has 1 unspecified atom stereocenters. The molecule has 0 saturated carbocycles. The summed E-state index contributed by atoms with van der Waals surface area (Å²) in [6, 6.07) is 8.82. The van der Waals surface area contributed by atoms with E-state index in [2.05, 4.69) is 57.2 Å². The van der Waals surface area contributed by atoms with E-state index in [9.17, 15) is 0 Å². The van der Waals surface area contributed by atoms with Crippen LogP contribution >= 0.6 is 0 Å². The van der Waals surface area contributed by atoms with Crippen LogP contribution in [0.1, 0.15) is 37.3 Å². The van der Waals surface area contributed by atoms with Crippen LogP contribution < -0.4 is 0 Å². The Balaban J connectivity index is 2.66. The zero-order valence-corrected chi connectivity index (χ0v) is 8.75.